The smallest absolute Gasteiger partial charge is 0.343 e. The van der Waals surface area contributed by atoms with Gasteiger partial charge in [-0.1, -0.05) is 6.07 Å². The Morgan fingerprint density at radius 1 is 1.08 bits per heavy atom. The van der Waals surface area contributed by atoms with Gasteiger partial charge < -0.3 is 29.0 Å². The Hall–Kier alpha value is -4.19. The first-order valence-corrected chi connectivity index (χ1v) is 11.6. The molecule has 2 aliphatic heterocycles. The molecule has 188 valence electrons. The topological polar surface area (TPSA) is 130 Å². The van der Waals surface area contributed by atoms with Crippen LogP contribution in [-0.4, -0.2) is 61.6 Å². The molecule has 11 nitrogen and oxygen atoms in total. The number of carbonyl (C=O) groups is 4. The Kier molecular flexibility index (Phi) is 7.64. The number of rotatable bonds is 9. The second-order valence-corrected chi connectivity index (χ2v) is 8.38. The van der Waals surface area contributed by atoms with Crippen molar-refractivity contribution in [2.75, 3.05) is 39.0 Å². The standard InChI is InChI=1S/C24H22N2O9S/c1-3-32-18-8-14(4-6-16(18)33-12-22(28)31-2)9-20-23(29)26(24(30)36-20)11-21(27)25-15-5-7-17-19(10-15)35-13-34-17/h4-10H,3,11-13H2,1-2H3,(H,25,27)/b20-9+. The minimum absolute atomic E-state index is 0.102. The third kappa shape index (κ3) is 5.71. The van der Waals surface area contributed by atoms with Crippen molar-refractivity contribution >= 4 is 46.5 Å². The molecule has 2 aromatic rings. The molecule has 12 heteroatoms. The Labute approximate surface area is 210 Å². The van der Waals surface area contributed by atoms with Gasteiger partial charge in [0.25, 0.3) is 11.1 Å². The zero-order chi connectivity index (χ0) is 25.7. The van der Waals surface area contributed by atoms with Gasteiger partial charge in [-0.3, -0.25) is 19.3 Å². The average molecular weight is 515 g/mol. The van der Waals surface area contributed by atoms with Crippen molar-refractivity contribution in [1.82, 2.24) is 4.90 Å². The summed E-state index contributed by atoms with van der Waals surface area (Å²) in [4.78, 5) is 50.2. The van der Waals surface area contributed by atoms with Gasteiger partial charge in [0.15, 0.2) is 29.6 Å². The molecule has 0 radical (unpaired) electrons. The zero-order valence-corrected chi connectivity index (χ0v) is 20.2. The predicted octanol–water partition coefficient (Wildman–Crippen LogP) is 3.04. The van der Waals surface area contributed by atoms with Gasteiger partial charge in [-0.15, -0.1) is 0 Å². The lowest BCUT2D eigenvalue weighted by atomic mass is 10.2. The molecule has 0 aliphatic carbocycles. The molecule has 1 fully saturated rings. The number of thioether (sulfide) groups is 1. The van der Waals surface area contributed by atoms with E-state index in [9.17, 15) is 19.2 Å². The average Bonchev–Trinajstić information content (AvgIpc) is 3.43. The van der Waals surface area contributed by atoms with Crippen molar-refractivity contribution in [1.29, 1.82) is 0 Å². The van der Waals surface area contributed by atoms with E-state index in [0.29, 0.717) is 40.9 Å². The summed E-state index contributed by atoms with van der Waals surface area (Å²) in [5.74, 6) is 0.0792. The molecule has 0 aromatic heterocycles. The Balaban J connectivity index is 1.43. The van der Waals surface area contributed by atoms with Crippen LogP contribution in [0.3, 0.4) is 0 Å². The van der Waals surface area contributed by atoms with Gasteiger partial charge in [-0.05, 0) is 54.6 Å². The first-order chi connectivity index (χ1) is 17.4. The largest absolute Gasteiger partial charge is 0.490 e. The molecule has 3 amide bonds. The van der Waals surface area contributed by atoms with Gasteiger partial charge in [0.1, 0.15) is 6.54 Å². The van der Waals surface area contributed by atoms with Gasteiger partial charge in [-0.2, -0.15) is 0 Å². The number of esters is 1. The predicted molar refractivity (Wildman–Crippen MR) is 129 cm³/mol. The molecule has 0 spiro atoms. The van der Waals surface area contributed by atoms with Crippen molar-refractivity contribution in [3.63, 3.8) is 0 Å². The molecular weight excluding hydrogens is 492 g/mol. The fraction of sp³-hybridized carbons (Fsp3) is 0.250. The normalized spacial score (nSPS) is 15.3. The van der Waals surface area contributed by atoms with Gasteiger partial charge in [0.2, 0.25) is 12.7 Å². The van der Waals surface area contributed by atoms with Crippen molar-refractivity contribution in [3.8, 4) is 23.0 Å². The lowest BCUT2D eigenvalue weighted by molar-refractivity contribution is -0.143. The summed E-state index contributed by atoms with van der Waals surface area (Å²) in [6.07, 6.45) is 1.52. The molecule has 1 N–H and O–H groups in total. The monoisotopic (exact) mass is 514 g/mol. The highest BCUT2D eigenvalue weighted by molar-refractivity contribution is 8.18. The minimum atomic E-state index is -0.588. The van der Waals surface area contributed by atoms with Crippen molar-refractivity contribution < 1.29 is 42.9 Å². The number of nitrogens with one attached hydrogen (secondary N) is 1. The number of ether oxygens (including phenoxy) is 5. The van der Waals surface area contributed by atoms with Crippen LogP contribution in [0.15, 0.2) is 41.3 Å². The van der Waals surface area contributed by atoms with Crippen LogP contribution in [0.25, 0.3) is 6.08 Å². The molecule has 2 heterocycles. The number of hydrogen-bond donors (Lipinski definition) is 1. The van der Waals surface area contributed by atoms with Crippen molar-refractivity contribution in [2.24, 2.45) is 0 Å². The minimum Gasteiger partial charge on any atom is -0.490 e. The van der Waals surface area contributed by atoms with Gasteiger partial charge in [-0.25, -0.2) is 4.79 Å². The molecule has 0 unspecified atom stereocenters. The highest BCUT2D eigenvalue weighted by Gasteiger charge is 2.36. The number of anilines is 1. The van der Waals surface area contributed by atoms with Crippen LogP contribution in [0.5, 0.6) is 23.0 Å². The summed E-state index contributed by atoms with van der Waals surface area (Å²) in [5.41, 5.74) is 1.02. The Morgan fingerprint density at radius 3 is 2.67 bits per heavy atom. The van der Waals surface area contributed by atoms with Crippen LogP contribution in [0.2, 0.25) is 0 Å². The van der Waals surface area contributed by atoms with Crippen LogP contribution in [-0.2, 0) is 19.1 Å². The fourth-order valence-electron chi connectivity index (χ4n) is 3.30. The SMILES string of the molecule is CCOc1cc(/C=C2/SC(=O)N(CC(=O)Nc3ccc4c(c3)OCO4)C2=O)ccc1OCC(=O)OC. The fourth-order valence-corrected chi connectivity index (χ4v) is 4.14. The number of methoxy groups -OCH3 is 1. The van der Waals surface area contributed by atoms with E-state index in [-0.39, 0.29) is 18.3 Å². The third-order valence-electron chi connectivity index (χ3n) is 4.97. The Morgan fingerprint density at radius 2 is 1.89 bits per heavy atom. The second kappa shape index (κ2) is 11.0. The lowest BCUT2D eigenvalue weighted by Crippen LogP contribution is -2.36. The van der Waals surface area contributed by atoms with E-state index in [1.165, 1.54) is 13.2 Å². The quantitative estimate of drug-likeness (QED) is 0.394. The van der Waals surface area contributed by atoms with E-state index in [0.717, 1.165) is 16.7 Å². The summed E-state index contributed by atoms with van der Waals surface area (Å²) in [7, 11) is 1.26. The number of nitrogens with zero attached hydrogens (tertiary/aromatic N) is 1. The first kappa shape index (κ1) is 24.9. The molecule has 36 heavy (non-hydrogen) atoms. The van der Waals surface area contributed by atoms with Crippen LogP contribution in [0.1, 0.15) is 12.5 Å². The second-order valence-electron chi connectivity index (χ2n) is 7.39. The van der Waals surface area contributed by atoms with Crippen LogP contribution < -0.4 is 24.3 Å². The summed E-state index contributed by atoms with van der Waals surface area (Å²) >= 11 is 0.731. The number of amides is 3. The van der Waals surface area contributed by atoms with E-state index in [2.05, 4.69) is 10.1 Å². The number of carbonyl (C=O) groups excluding carboxylic acids is 4. The summed E-state index contributed by atoms with van der Waals surface area (Å²) < 4.78 is 26.1. The van der Waals surface area contributed by atoms with Gasteiger partial charge in [0.05, 0.1) is 18.6 Å². The van der Waals surface area contributed by atoms with Gasteiger partial charge >= 0.3 is 5.97 Å². The number of fused-ring (bicyclic) bond motifs is 1. The van der Waals surface area contributed by atoms with Crippen LogP contribution in [0.4, 0.5) is 10.5 Å². The van der Waals surface area contributed by atoms with E-state index >= 15 is 0 Å². The molecule has 2 aliphatic rings. The first-order valence-electron chi connectivity index (χ1n) is 10.8. The molecule has 2 aromatic carbocycles. The third-order valence-corrected chi connectivity index (χ3v) is 5.88. The summed E-state index contributed by atoms with van der Waals surface area (Å²) in [6, 6.07) is 9.74. The highest BCUT2D eigenvalue weighted by Crippen LogP contribution is 2.36. The van der Waals surface area contributed by atoms with Crippen LogP contribution >= 0.6 is 11.8 Å². The maximum absolute atomic E-state index is 12.8. The van der Waals surface area contributed by atoms with E-state index in [4.69, 9.17) is 18.9 Å². The van der Waals surface area contributed by atoms with E-state index in [1.807, 2.05) is 0 Å². The molecular formula is C24H22N2O9S. The number of hydrogen-bond acceptors (Lipinski definition) is 10. The van der Waals surface area contributed by atoms with Crippen molar-refractivity contribution in [2.45, 2.75) is 6.92 Å². The van der Waals surface area contributed by atoms with Gasteiger partial charge in [0, 0.05) is 11.8 Å². The zero-order valence-electron chi connectivity index (χ0n) is 19.4. The number of imide groups is 1. The molecule has 0 bridgehead atoms. The molecule has 1 saturated heterocycles. The summed E-state index contributed by atoms with van der Waals surface area (Å²) in [6.45, 7) is 1.50. The van der Waals surface area contributed by atoms with Crippen molar-refractivity contribution in [3.05, 3.63) is 46.9 Å². The van der Waals surface area contributed by atoms with E-state index in [1.54, 1.807) is 43.3 Å². The highest BCUT2D eigenvalue weighted by atomic mass is 32.2. The summed E-state index contributed by atoms with van der Waals surface area (Å²) in [5, 5.41) is 2.08. The molecule has 0 atom stereocenters. The molecule has 4 rings (SSSR count). The molecule has 0 saturated carbocycles. The number of benzene rings is 2. The Bertz CT molecular complexity index is 1240. The lowest BCUT2D eigenvalue weighted by Gasteiger charge is -2.13. The van der Waals surface area contributed by atoms with E-state index < -0.39 is 29.6 Å². The maximum atomic E-state index is 12.8. The maximum Gasteiger partial charge on any atom is 0.343 e. The van der Waals surface area contributed by atoms with Crippen LogP contribution in [0, 0.1) is 0 Å².